The lowest BCUT2D eigenvalue weighted by Gasteiger charge is -2.13. The van der Waals surface area contributed by atoms with Crippen molar-refractivity contribution in [3.05, 3.63) is 71.8 Å². The lowest BCUT2D eigenvalue weighted by atomic mass is 10.1. The van der Waals surface area contributed by atoms with Crippen molar-refractivity contribution in [3.8, 4) is 10.4 Å². The minimum absolute atomic E-state index is 0.177. The van der Waals surface area contributed by atoms with Crippen molar-refractivity contribution in [2.75, 3.05) is 18.4 Å². The van der Waals surface area contributed by atoms with Crippen LogP contribution in [0.5, 0.6) is 0 Å². The second-order valence-corrected chi connectivity index (χ2v) is 10.4. The second-order valence-electron chi connectivity index (χ2n) is 7.13. The maximum atomic E-state index is 12.7. The zero-order valence-corrected chi connectivity index (χ0v) is 17.7. The van der Waals surface area contributed by atoms with E-state index in [2.05, 4.69) is 5.32 Å². The molecule has 3 aromatic rings. The lowest BCUT2D eigenvalue weighted by Crippen LogP contribution is -2.27. The number of nitrogens with one attached hydrogen (secondary N) is 1. The molecule has 0 aliphatic carbocycles. The van der Waals surface area contributed by atoms with Gasteiger partial charge in [-0.15, -0.1) is 11.3 Å². The van der Waals surface area contributed by atoms with Gasteiger partial charge < -0.3 is 5.32 Å². The van der Waals surface area contributed by atoms with E-state index in [1.807, 2.05) is 49.4 Å². The first-order valence-corrected chi connectivity index (χ1v) is 11.8. The molecule has 1 saturated heterocycles. The highest BCUT2D eigenvalue weighted by Gasteiger charge is 2.28. The average molecular weight is 427 g/mol. The van der Waals surface area contributed by atoms with E-state index in [1.54, 1.807) is 22.5 Å². The van der Waals surface area contributed by atoms with Gasteiger partial charge in [-0.2, -0.15) is 4.31 Å². The molecular weight excluding hydrogens is 404 g/mol. The molecule has 1 aliphatic rings. The van der Waals surface area contributed by atoms with Crippen molar-refractivity contribution in [1.82, 2.24) is 4.31 Å². The molecule has 29 heavy (non-hydrogen) atoms. The van der Waals surface area contributed by atoms with Gasteiger partial charge in [0.05, 0.1) is 0 Å². The van der Waals surface area contributed by atoms with E-state index in [9.17, 15) is 13.2 Å². The van der Waals surface area contributed by atoms with Crippen molar-refractivity contribution in [3.63, 3.8) is 0 Å². The molecule has 5 nitrogen and oxygen atoms in total. The highest BCUT2D eigenvalue weighted by atomic mass is 32.2. The van der Waals surface area contributed by atoms with Crippen molar-refractivity contribution < 1.29 is 13.2 Å². The Bertz CT molecular complexity index is 1110. The fourth-order valence-corrected chi connectivity index (χ4v) is 6.28. The molecule has 1 fully saturated rings. The monoisotopic (exact) mass is 426 g/mol. The quantitative estimate of drug-likeness (QED) is 0.640. The Kier molecular flexibility index (Phi) is 5.54. The van der Waals surface area contributed by atoms with Crippen LogP contribution in [0.25, 0.3) is 10.4 Å². The van der Waals surface area contributed by atoms with Crippen LogP contribution in [0.15, 0.2) is 64.9 Å². The number of carbonyl (C=O) groups is 1. The first-order chi connectivity index (χ1) is 13.9. The number of hydrogen-bond donors (Lipinski definition) is 1. The van der Waals surface area contributed by atoms with Crippen LogP contribution in [0.2, 0.25) is 0 Å². The van der Waals surface area contributed by atoms with Crippen molar-refractivity contribution >= 4 is 33.0 Å². The maximum Gasteiger partial charge on any atom is 0.255 e. The fraction of sp³-hybridized carbons (Fsp3) is 0.227. The molecule has 0 bridgehead atoms. The zero-order valence-electron chi connectivity index (χ0n) is 16.1. The number of hydrogen-bond acceptors (Lipinski definition) is 4. The van der Waals surface area contributed by atoms with Gasteiger partial charge in [-0.1, -0.05) is 29.8 Å². The number of rotatable bonds is 5. The summed E-state index contributed by atoms with van der Waals surface area (Å²) in [5, 5.41) is 2.88. The number of anilines is 1. The minimum atomic E-state index is -3.40. The summed E-state index contributed by atoms with van der Waals surface area (Å²) in [6.45, 7) is 3.19. The average Bonchev–Trinajstić information content (AvgIpc) is 3.43. The number of aryl methyl sites for hydroxylation is 1. The van der Waals surface area contributed by atoms with Gasteiger partial charge in [0.2, 0.25) is 0 Å². The summed E-state index contributed by atoms with van der Waals surface area (Å²) in [5.74, 6) is -0.177. The number of benzene rings is 2. The highest BCUT2D eigenvalue weighted by molar-refractivity contribution is 7.91. The molecule has 150 valence electrons. The first-order valence-electron chi connectivity index (χ1n) is 9.52. The molecule has 1 aliphatic heterocycles. The number of sulfonamides is 1. The third kappa shape index (κ3) is 4.27. The van der Waals surface area contributed by atoms with E-state index < -0.39 is 10.0 Å². The van der Waals surface area contributed by atoms with Crippen LogP contribution in [0.4, 0.5) is 5.69 Å². The SMILES string of the molecule is Cc1ccc(NC(=O)c2ccc(-c3ccc(S(=O)(=O)N4CCCC4)s3)cc2)cc1. The van der Waals surface area contributed by atoms with Crippen LogP contribution in [0.1, 0.15) is 28.8 Å². The van der Waals surface area contributed by atoms with Gasteiger partial charge in [0, 0.05) is 29.2 Å². The summed E-state index contributed by atoms with van der Waals surface area (Å²) in [6.07, 6.45) is 1.84. The van der Waals surface area contributed by atoms with Gasteiger partial charge in [-0.25, -0.2) is 8.42 Å². The Morgan fingerprint density at radius 1 is 0.931 bits per heavy atom. The van der Waals surface area contributed by atoms with Crippen LogP contribution < -0.4 is 5.32 Å². The molecule has 4 rings (SSSR count). The lowest BCUT2D eigenvalue weighted by molar-refractivity contribution is 0.102. The summed E-state index contributed by atoms with van der Waals surface area (Å²) >= 11 is 1.27. The van der Waals surface area contributed by atoms with E-state index in [0.717, 1.165) is 34.5 Å². The highest BCUT2D eigenvalue weighted by Crippen LogP contribution is 2.33. The van der Waals surface area contributed by atoms with Crippen LogP contribution >= 0.6 is 11.3 Å². The van der Waals surface area contributed by atoms with E-state index >= 15 is 0 Å². The molecule has 2 aromatic carbocycles. The van der Waals surface area contributed by atoms with Gasteiger partial charge in [0.15, 0.2) is 0 Å². The zero-order chi connectivity index (χ0) is 20.4. The third-order valence-corrected chi connectivity index (χ3v) is 8.48. The maximum absolute atomic E-state index is 12.7. The van der Waals surface area contributed by atoms with Gasteiger partial charge in [0.25, 0.3) is 15.9 Å². The Hall–Kier alpha value is -2.48. The van der Waals surface area contributed by atoms with E-state index in [1.165, 1.54) is 11.3 Å². The Morgan fingerprint density at radius 2 is 1.59 bits per heavy atom. The molecule has 0 saturated carbocycles. The van der Waals surface area contributed by atoms with Gasteiger partial charge in [0.1, 0.15) is 4.21 Å². The predicted molar refractivity (Wildman–Crippen MR) is 117 cm³/mol. The molecule has 0 radical (unpaired) electrons. The summed E-state index contributed by atoms with van der Waals surface area (Å²) in [5.41, 5.74) is 3.33. The predicted octanol–water partition coefficient (Wildman–Crippen LogP) is 4.76. The fourth-order valence-electron chi connectivity index (χ4n) is 3.30. The summed E-state index contributed by atoms with van der Waals surface area (Å²) in [7, 11) is -3.40. The van der Waals surface area contributed by atoms with Gasteiger partial charge >= 0.3 is 0 Å². The number of thiophene rings is 1. The summed E-state index contributed by atoms with van der Waals surface area (Å²) < 4.78 is 27.3. The minimum Gasteiger partial charge on any atom is -0.322 e. The molecule has 0 spiro atoms. The molecule has 0 unspecified atom stereocenters. The Labute approximate surface area is 175 Å². The van der Waals surface area contributed by atoms with Crippen molar-refractivity contribution in [2.24, 2.45) is 0 Å². The van der Waals surface area contributed by atoms with E-state index in [-0.39, 0.29) is 5.91 Å². The Balaban J connectivity index is 1.49. The first kappa shape index (κ1) is 19.8. The van der Waals surface area contributed by atoms with Gasteiger partial charge in [-0.05, 0) is 61.7 Å². The van der Waals surface area contributed by atoms with E-state index in [0.29, 0.717) is 22.9 Å². The number of nitrogens with zero attached hydrogens (tertiary/aromatic N) is 1. The van der Waals surface area contributed by atoms with Crippen LogP contribution in [-0.2, 0) is 10.0 Å². The molecule has 7 heteroatoms. The molecule has 1 N–H and O–H groups in total. The standard InChI is InChI=1S/C22H22N2O3S2/c1-16-4-10-19(11-5-16)23-22(25)18-8-6-17(7-9-18)20-12-13-21(28-20)29(26,27)24-14-2-3-15-24/h4-13H,2-3,14-15H2,1H3,(H,23,25). The van der Waals surface area contributed by atoms with Crippen LogP contribution in [-0.4, -0.2) is 31.7 Å². The van der Waals surface area contributed by atoms with Crippen molar-refractivity contribution in [1.29, 1.82) is 0 Å². The second kappa shape index (κ2) is 8.10. The summed E-state index contributed by atoms with van der Waals surface area (Å²) in [4.78, 5) is 13.3. The number of amides is 1. The van der Waals surface area contributed by atoms with Crippen molar-refractivity contribution in [2.45, 2.75) is 24.0 Å². The van der Waals surface area contributed by atoms with Crippen LogP contribution in [0, 0.1) is 6.92 Å². The summed E-state index contributed by atoms with van der Waals surface area (Å²) in [6, 6.07) is 18.4. The van der Waals surface area contributed by atoms with Crippen LogP contribution in [0.3, 0.4) is 0 Å². The van der Waals surface area contributed by atoms with E-state index in [4.69, 9.17) is 0 Å². The molecular formula is C22H22N2O3S2. The Morgan fingerprint density at radius 3 is 2.24 bits per heavy atom. The van der Waals surface area contributed by atoms with Gasteiger partial charge in [-0.3, -0.25) is 4.79 Å². The topological polar surface area (TPSA) is 66.5 Å². The third-order valence-electron chi connectivity index (χ3n) is 4.98. The molecule has 2 heterocycles. The largest absolute Gasteiger partial charge is 0.322 e. The number of carbonyl (C=O) groups excluding carboxylic acids is 1. The normalized spacial score (nSPS) is 14.8. The molecule has 1 aromatic heterocycles. The molecule has 0 atom stereocenters. The smallest absolute Gasteiger partial charge is 0.255 e. The molecule has 1 amide bonds.